The van der Waals surface area contributed by atoms with Crippen LogP contribution < -0.4 is 10.6 Å². The van der Waals surface area contributed by atoms with Crippen molar-refractivity contribution in [2.24, 2.45) is 0 Å². The molecule has 2 aromatic carbocycles. The van der Waals surface area contributed by atoms with E-state index in [9.17, 15) is 9.59 Å². The molecular formula is C19H22N2O2. The molecule has 0 atom stereocenters. The van der Waals surface area contributed by atoms with Gasteiger partial charge in [-0.1, -0.05) is 54.6 Å². The van der Waals surface area contributed by atoms with Gasteiger partial charge in [-0.15, -0.1) is 0 Å². The summed E-state index contributed by atoms with van der Waals surface area (Å²) in [5, 5.41) is 5.69. The Morgan fingerprint density at radius 3 is 2.13 bits per heavy atom. The zero-order valence-electron chi connectivity index (χ0n) is 13.3. The lowest BCUT2D eigenvalue weighted by Crippen LogP contribution is -2.27. The molecule has 0 aromatic heterocycles. The van der Waals surface area contributed by atoms with E-state index in [1.165, 1.54) is 12.5 Å². The molecule has 120 valence electrons. The van der Waals surface area contributed by atoms with Gasteiger partial charge in [-0.25, -0.2) is 0 Å². The van der Waals surface area contributed by atoms with Crippen molar-refractivity contribution < 1.29 is 9.59 Å². The van der Waals surface area contributed by atoms with Crippen LogP contribution in [0.3, 0.4) is 0 Å². The predicted molar refractivity (Wildman–Crippen MR) is 90.8 cm³/mol. The molecule has 0 unspecified atom stereocenters. The number of hydrogen-bond donors (Lipinski definition) is 2. The zero-order valence-corrected chi connectivity index (χ0v) is 13.3. The third-order valence-electron chi connectivity index (χ3n) is 3.51. The Kier molecular flexibility index (Phi) is 6.36. The van der Waals surface area contributed by atoms with Crippen LogP contribution in [0.25, 0.3) is 0 Å². The van der Waals surface area contributed by atoms with E-state index >= 15 is 0 Å². The van der Waals surface area contributed by atoms with Crippen molar-refractivity contribution in [3.63, 3.8) is 0 Å². The van der Waals surface area contributed by atoms with Gasteiger partial charge in [0, 0.05) is 20.0 Å². The minimum Gasteiger partial charge on any atom is -0.355 e. The lowest BCUT2D eigenvalue weighted by Gasteiger charge is -2.07. The average Bonchev–Trinajstić information content (AvgIpc) is 2.55. The maximum absolute atomic E-state index is 11.9. The highest BCUT2D eigenvalue weighted by Gasteiger charge is 2.03. The van der Waals surface area contributed by atoms with Gasteiger partial charge in [-0.05, 0) is 23.1 Å². The Hall–Kier alpha value is -2.62. The third-order valence-corrected chi connectivity index (χ3v) is 3.51. The second kappa shape index (κ2) is 8.73. The molecule has 0 fully saturated rings. The Bertz CT molecular complexity index is 636. The van der Waals surface area contributed by atoms with E-state index in [-0.39, 0.29) is 11.8 Å². The van der Waals surface area contributed by atoms with E-state index in [1.807, 2.05) is 42.5 Å². The summed E-state index contributed by atoms with van der Waals surface area (Å²) in [4.78, 5) is 22.8. The van der Waals surface area contributed by atoms with Crippen LogP contribution >= 0.6 is 0 Å². The standard InChI is InChI=1S/C19H22N2O2/c1-15(22)21-14-18-9-7-17(8-10-18)13-19(23)20-12-11-16-5-3-2-4-6-16/h2-10H,11-14H2,1H3,(H,20,23)(H,21,22). The molecular weight excluding hydrogens is 288 g/mol. The van der Waals surface area contributed by atoms with Gasteiger partial charge >= 0.3 is 0 Å². The highest BCUT2D eigenvalue weighted by molar-refractivity contribution is 5.78. The molecule has 4 heteroatoms. The first-order valence-electron chi connectivity index (χ1n) is 7.76. The van der Waals surface area contributed by atoms with Gasteiger partial charge in [-0.3, -0.25) is 9.59 Å². The SMILES string of the molecule is CC(=O)NCc1ccc(CC(=O)NCCc2ccccc2)cc1. The Balaban J connectivity index is 1.73. The smallest absolute Gasteiger partial charge is 0.224 e. The van der Waals surface area contributed by atoms with Crippen molar-refractivity contribution in [3.05, 3.63) is 71.3 Å². The van der Waals surface area contributed by atoms with E-state index in [0.29, 0.717) is 19.5 Å². The van der Waals surface area contributed by atoms with Crippen molar-refractivity contribution in [2.45, 2.75) is 26.3 Å². The first kappa shape index (κ1) is 16.7. The van der Waals surface area contributed by atoms with E-state index in [4.69, 9.17) is 0 Å². The summed E-state index contributed by atoms with van der Waals surface area (Å²) in [6, 6.07) is 17.8. The van der Waals surface area contributed by atoms with Gasteiger partial charge in [0.05, 0.1) is 6.42 Å². The van der Waals surface area contributed by atoms with Crippen LogP contribution in [0.1, 0.15) is 23.6 Å². The van der Waals surface area contributed by atoms with Gasteiger partial charge in [0.15, 0.2) is 0 Å². The van der Waals surface area contributed by atoms with E-state index in [2.05, 4.69) is 22.8 Å². The first-order valence-corrected chi connectivity index (χ1v) is 7.76. The van der Waals surface area contributed by atoms with Crippen LogP contribution in [0.15, 0.2) is 54.6 Å². The molecule has 23 heavy (non-hydrogen) atoms. The second-order valence-corrected chi connectivity index (χ2v) is 5.49. The number of carbonyl (C=O) groups is 2. The third kappa shape index (κ3) is 6.34. The number of amides is 2. The van der Waals surface area contributed by atoms with Crippen LogP contribution in [0.2, 0.25) is 0 Å². The molecule has 0 saturated carbocycles. The minimum atomic E-state index is -0.0492. The zero-order chi connectivity index (χ0) is 16.5. The van der Waals surface area contributed by atoms with Gasteiger partial charge in [0.1, 0.15) is 0 Å². The van der Waals surface area contributed by atoms with Crippen molar-refractivity contribution in [2.75, 3.05) is 6.54 Å². The number of nitrogens with one attached hydrogen (secondary N) is 2. The molecule has 2 aromatic rings. The Labute approximate surface area is 136 Å². The summed E-state index contributed by atoms with van der Waals surface area (Å²) in [5.41, 5.74) is 3.21. The molecule has 0 heterocycles. The maximum atomic E-state index is 11.9. The fraction of sp³-hybridized carbons (Fsp3) is 0.263. The normalized spacial score (nSPS) is 10.1. The molecule has 2 amide bonds. The fourth-order valence-electron chi connectivity index (χ4n) is 2.24. The molecule has 0 aliphatic heterocycles. The maximum Gasteiger partial charge on any atom is 0.224 e. The van der Waals surface area contributed by atoms with Gasteiger partial charge < -0.3 is 10.6 Å². The molecule has 0 radical (unpaired) electrons. The van der Waals surface area contributed by atoms with Gasteiger partial charge in [0.2, 0.25) is 11.8 Å². The summed E-state index contributed by atoms with van der Waals surface area (Å²) in [6.07, 6.45) is 1.21. The summed E-state index contributed by atoms with van der Waals surface area (Å²) in [5.74, 6) is -0.0255. The molecule has 2 N–H and O–H groups in total. The molecule has 2 rings (SSSR count). The summed E-state index contributed by atoms with van der Waals surface area (Å²) in [6.45, 7) is 2.65. The molecule has 0 aliphatic rings. The lowest BCUT2D eigenvalue weighted by atomic mass is 10.1. The lowest BCUT2D eigenvalue weighted by molar-refractivity contribution is -0.120. The summed E-state index contributed by atoms with van der Waals surface area (Å²) < 4.78 is 0. The molecule has 4 nitrogen and oxygen atoms in total. The fourth-order valence-corrected chi connectivity index (χ4v) is 2.24. The Morgan fingerprint density at radius 1 is 0.826 bits per heavy atom. The highest BCUT2D eigenvalue weighted by Crippen LogP contribution is 2.05. The van der Waals surface area contributed by atoms with Crippen LogP contribution in [0.5, 0.6) is 0 Å². The quantitative estimate of drug-likeness (QED) is 0.824. The average molecular weight is 310 g/mol. The van der Waals surface area contributed by atoms with Crippen molar-refractivity contribution in [3.8, 4) is 0 Å². The molecule has 0 aliphatic carbocycles. The van der Waals surface area contributed by atoms with Crippen molar-refractivity contribution in [1.82, 2.24) is 10.6 Å². The minimum absolute atomic E-state index is 0.0237. The van der Waals surface area contributed by atoms with Crippen molar-refractivity contribution in [1.29, 1.82) is 0 Å². The number of benzene rings is 2. The monoisotopic (exact) mass is 310 g/mol. The van der Waals surface area contributed by atoms with Crippen LogP contribution in [0.4, 0.5) is 0 Å². The van der Waals surface area contributed by atoms with E-state index < -0.39 is 0 Å². The van der Waals surface area contributed by atoms with E-state index in [0.717, 1.165) is 17.5 Å². The van der Waals surface area contributed by atoms with Gasteiger partial charge in [-0.2, -0.15) is 0 Å². The van der Waals surface area contributed by atoms with Gasteiger partial charge in [0.25, 0.3) is 0 Å². The van der Waals surface area contributed by atoms with Crippen LogP contribution in [-0.4, -0.2) is 18.4 Å². The number of rotatable bonds is 7. The molecule has 0 bridgehead atoms. The molecule has 0 saturated heterocycles. The first-order chi connectivity index (χ1) is 11.1. The van der Waals surface area contributed by atoms with Crippen molar-refractivity contribution >= 4 is 11.8 Å². The van der Waals surface area contributed by atoms with E-state index in [1.54, 1.807) is 0 Å². The predicted octanol–water partition coefficient (Wildman–Crippen LogP) is 2.22. The topological polar surface area (TPSA) is 58.2 Å². The van der Waals surface area contributed by atoms with Crippen LogP contribution in [-0.2, 0) is 29.0 Å². The molecule has 0 spiro atoms. The second-order valence-electron chi connectivity index (χ2n) is 5.49. The summed E-state index contributed by atoms with van der Waals surface area (Å²) in [7, 11) is 0. The highest BCUT2D eigenvalue weighted by atomic mass is 16.2. The largest absolute Gasteiger partial charge is 0.355 e. The number of hydrogen-bond acceptors (Lipinski definition) is 2. The Morgan fingerprint density at radius 2 is 1.48 bits per heavy atom. The summed E-state index contributed by atoms with van der Waals surface area (Å²) >= 11 is 0. The van der Waals surface area contributed by atoms with Crippen LogP contribution in [0, 0.1) is 0 Å². The number of carbonyl (C=O) groups excluding carboxylic acids is 2.